The number of aromatic nitrogens is 1. The first-order valence-corrected chi connectivity index (χ1v) is 13.0. The maximum Gasteiger partial charge on any atom is 0.142 e. The monoisotopic (exact) mass is 468 g/mol. The molecule has 3 aliphatic rings. The first-order valence-electron chi connectivity index (χ1n) is 11.8. The third kappa shape index (κ3) is 2.17. The molecule has 0 saturated heterocycles. The van der Waals surface area contributed by atoms with Crippen molar-refractivity contribution in [1.82, 2.24) is 4.98 Å². The molecule has 0 bridgehead atoms. The third-order valence-corrected chi connectivity index (χ3v) is 9.21. The molecule has 5 aromatic rings. The van der Waals surface area contributed by atoms with Gasteiger partial charge in [0.25, 0.3) is 0 Å². The summed E-state index contributed by atoms with van der Waals surface area (Å²) in [5.74, 6) is 0.905. The molecule has 35 heavy (non-hydrogen) atoms. The second-order valence-electron chi connectivity index (χ2n) is 9.44. The van der Waals surface area contributed by atoms with Crippen molar-refractivity contribution in [2.75, 3.05) is 4.90 Å². The fourth-order valence-electron chi connectivity index (χ4n) is 6.45. The van der Waals surface area contributed by atoms with Crippen LogP contribution in [0.5, 0.6) is 0 Å². The van der Waals surface area contributed by atoms with E-state index in [4.69, 9.17) is 4.98 Å². The zero-order valence-electron chi connectivity index (χ0n) is 19.0. The standard InChI is InChI=1S/C31H20N2OS/c1-19-15-16-27-26(18-19)33-29-24(12-6-14-28(29)35(27)34)31(25-13-7-17-32-30(25)33)22-10-4-2-8-20(22)21-9-3-5-11-23(21)31/h2-18H,1H3. The summed E-state index contributed by atoms with van der Waals surface area (Å²) >= 11 is 0. The average molecular weight is 469 g/mol. The van der Waals surface area contributed by atoms with E-state index in [1.807, 2.05) is 30.5 Å². The Labute approximate surface area is 206 Å². The van der Waals surface area contributed by atoms with Crippen molar-refractivity contribution in [2.24, 2.45) is 0 Å². The van der Waals surface area contributed by atoms with Gasteiger partial charge in [-0.15, -0.1) is 0 Å². The summed E-state index contributed by atoms with van der Waals surface area (Å²) in [4.78, 5) is 8.92. The van der Waals surface area contributed by atoms with Gasteiger partial charge in [0.2, 0.25) is 0 Å². The van der Waals surface area contributed by atoms with Crippen LogP contribution in [-0.4, -0.2) is 9.19 Å². The van der Waals surface area contributed by atoms with E-state index in [2.05, 4.69) is 84.6 Å². The van der Waals surface area contributed by atoms with Crippen molar-refractivity contribution in [3.05, 3.63) is 131 Å². The lowest BCUT2D eigenvalue weighted by Crippen LogP contribution is -2.38. The lowest BCUT2D eigenvalue weighted by Gasteiger charge is -2.46. The van der Waals surface area contributed by atoms with Crippen LogP contribution in [0.3, 0.4) is 0 Å². The summed E-state index contributed by atoms with van der Waals surface area (Å²) < 4.78 is 13.9. The van der Waals surface area contributed by atoms with Crippen LogP contribution in [0.1, 0.15) is 27.8 Å². The minimum atomic E-state index is -1.28. The number of fused-ring (bicyclic) bond motifs is 11. The molecule has 3 nitrogen and oxygen atoms in total. The van der Waals surface area contributed by atoms with Crippen molar-refractivity contribution in [1.29, 1.82) is 0 Å². The van der Waals surface area contributed by atoms with Crippen LogP contribution in [0.25, 0.3) is 11.1 Å². The van der Waals surface area contributed by atoms with Crippen molar-refractivity contribution < 1.29 is 4.21 Å². The number of aryl methyl sites for hydroxylation is 1. The number of anilines is 3. The molecule has 4 aromatic carbocycles. The molecule has 1 spiro atoms. The Morgan fingerprint density at radius 2 is 1.40 bits per heavy atom. The second-order valence-corrected chi connectivity index (χ2v) is 10.9. The molecule has 8 rings (SSSR count). The molecular formula is C31H20N2OS. The van der Waals surface area contributed by atoms with Crippen molar-refractivity contribution in [2.45, 2.75) is 22.1 Å². The van der Waals surface area contributed by atoms with Gasteiger partial charge in [0.15, 0.2) is 0 Å². The molecule has 1 atom stereocenters. The maximum absolute atomic E-state index is 13.9. The number of nitrogens with zero attached hydrogens (tertiary/aromatic N) is 2. The van der Waals surface area contributed by atoms with E-state index in [1.54, 1.807) is 0 Å². The smallest absolute Gasteiger partial charge is 0.142 e. The number of hydrogen-bond acceptors (Lipinski definition) is 3. The topological polar surface area (TPSA) is 33.2 Å². The lowest BCUT2D eigenvalue weighted by molar-refractivity contribution is 0.679. The van der Waals surface area contributed by atoms with Gasteiger partial charge < -0.3 is 0 Å². The fraction of sp³-hybridized carbons (Fsp3) is 0.0645. The molecular weight excluding hydrogens is 448 g/mol. The highest BCUT2D eigenvalue weighted by atomic mass is 32.2. The summed E-state index contributed by atoms with van der Waals surface area (Å²) in [6.07, 6.45) is 1.87. The summed E-state index contributed by atoms with van der Waals surface area (Å²) in [5.41, 5.74) is 9.89. The third-order valence-electron chi connectivity index (χ3n) is 7.74. The first-order chi connectivity index (χ1) is 17.2. The Balaban J connectivity index is 1.60. The van der Waals surface area contributed by atoms with Gasteiger partial charge in [-0.1, -0.05) is 72.8 Å². The van der Waals surface area contributed by atoms with Gasteiger partial charge >= 0.3 is 0 Å². The van der Waals surface area contributed by atoms with Crippen LogP contribution < -0.4 is 4.90 Å². The van der Waals surface area contributed by atoms with Crippen LogP contribution in [0, 0.1) is 6.92 Å². The lowest BCUT2D eigenvalue weighted by atomic mass is 9.65. The molecule has 0 radical (unpaired) electrons. The van der Waals surface area contributed by atoms with Gasteiger partial charge in [-0.2, -0.15) is 0 Å². The van der Waals surface area contributed by atoms with Gasteiger partial charge in [-0.25, -0.2) is 9.19 Å². The second kappa shape index (κ2) is 6.55. The summed E-state index contributed by atoms with van der Waals surface area (Å²) in [7, 11) is -1.28. The molecule has 3 heterocycles. The van der Waals surface area contributed by atoms with Crippen LogP contribution in [0.2, 0.25) is 0 Å². The molecule has 0 saturated carbocycles. The van der Waals surface area contributed by atoms with Crippen molar-refractivity contribution in [3.63, 3.8) is 0 Å². The normalized spacial score (nSPS) is 17.3. The molecule has 0 fully saturated rings. The molecule has 1 unspecified atom stereocenters. The van der Waals surface area contributed by atoms with E-state index in [-0.39, 0.29) is 0 Å². The molecule has 1 aromatic heterocycles. The highest BCUT2D eigenvalue weighted by Crippen LogP contribution is 2.64. The Hall–Kier alpha value is -4.02. The Kier molecular flexibility index (Phi) is 3.61. The van der Waals surface area contributed by atoms with E-state index < -0.39 is 16.2 Å². The number of hydrogen-bond donors (Lipinski definition) is 0. The molecule has 1 aliphatic carbocycles. The minimum Gasteiger partial charge on any atom is -0.292 e. The Bertz CT molecular complexity index is 1710. The highest BCUT2D eigenvalue weighted by molar-refractivity contribution is 7.85. The summed E-state index contributed by atoms with van der Waals surface area (Å²) in [6.45, 7) is 2.08. The predicted molar refractivity (Wildman–Crippen MR) is 139 cm³/mol. The molecule has 166 valence electrons. The number of benzene rings is 4. The molecule has 0 N–H and O–H groups in total. The van der Waals surface area contributed by atoms with E-state index in [0.717, 1.165) is 43.7 Å². The molecule has 0 amide bonds. The van der Waals surface area contributed by atoms with Gasteiger partial charge in [0.05, 0.1) is 37.4 Å². The Morgan fingerprint density at radius 3 is 2.17 bits per heavy atom. The van der Waals surface area contributed by atoms with Gasteiger partial charge in [-0.05, 0) is 64.6 Å². The SMILES string of the molecule is Cc1ccc2c(c1)N1c3ncccc3C3(c4ccccc4-c4ccccc43)c3cccc(c31)S2=O. The van der Waals surface area contributed by atoms with E-state index in [0.29, 0.717) is 0 Å². The van der Waals surface area contributed by atoms with Gasteiger partial charge in [0, 0.05) is 11.8 Å². The zero-order chi connectivity index (χ0) is 23.3. The van der Waals surface area contributed by atoms with E-state index in [1.165, 1.54) is 22.3 Å². The van der Waals surface area contributed by atoms with E-state index >= 15 is 0 Å². The molecule has 4 heteroatoms. The summed E-state index contributed by atoms with van der Waals surface area (Å²) in [5, 5.41) is 0. The first kappa shape index (κ1) is 19.3. The minimum absolute atomic E-state index is 0.524. The van der Waals surface area contributed by atoms with Crippen LogP contribution in [0.4, 0.5) is 17.2 Å². The van der Waals surface area contributed by atoms with Crippen LogP contribution in [-0.2, 0) is 16.2 Å². The highest BCUT2D eigenvalue weighted by Gasteiger charge is 2.53. The Morgan fingerprint density at radius 1 is 0.714 bits per heavy atom. The van der Waals surface area contributed by atoms with E-state index in [9.17, 15) is 4.21 Å². The predicted octanol–water partition coefficient (Wildman–Crippen LogP) is 7.02. The summed E-state index contributed by atoms with van der Waals surface area (Å²) in [6, 6.07) is 34.2. The quantitative estimate of drug-likeness (QED) is 0.240. The van der Waals surface area contributed by atoms with Gasteiger partial charge in [0.1, 0.15) is 5.82 Å². The number of pyridine rings is 1. The fourth-order valence-corrected chi connectivity index (χ4v) is 7.80. The van der Waals surface area contributed by atoms with Crippen molar-refractivity contribution in [3.8, 4) is 11.1 Å². The van der Waals surface area contributed by atoms with Crippen molar-refractivity contribution >= 4 is 28.0 Å². The maximum atomic E-state index is 13.9. The molecule has 2 aliphatic heterocycles. The number of rotatable bonds is 0. The van der Waals surface area contributed by atoms with Crippen LogP contribution >= 0.6 is 0 Å². The zero-order valence-corrected chi connectivity index (χ0v) is 19.8. The average Bonchev–Trinajstić information content (AvgIpc) is 3.19. The largest absolute Gasteiger partial charge is 0.292 e. The van der Waals surface area contributed by atoms with Gasteiger partial charge in [-0.3, -0.25) is 4.90 Å². The van der Waals surface area contributed by atoms with Crippen LogP contribution in [0.15, 0.2) is 113 Å². The number of para-hydroxylation sites is 1.